The zero-order chi connectivity index (χ0) is 25.2. The van der Waals surface area contributed by atoms with Gasteiger partial charge in [0.15, 0.2) is 0 Å². The van der Waals surface area contributed by atoms with Crippen LogP contribution in [0.15, 0.2) is 61.2 Å². The summed E-state index contributed by atoms with van der Waals surface area (Å²) in [6.45, 7) is 1.54. The van der Waals surface area contributed by atoms with Gasteiger partial charge in [-0.25, -0.2) is 9.97 Å². The minimum Gasteiger partial charge on any atom is -0.363 e. The Morgan fingerprint density at radius 3 is 2.43 bits per heavy atom. The van der Waals surface area contributed by atoms with Crippen LogP contribution in [0.3, 0.4) is 0 Å². The Hall–Kier alpha value is -4.28. The van der Waals surface area contributed by atoms with Crippen LogP contribution in [-0.4, -0.2) is 44.7 Å². The third kappa shape index (κ3) is 5.62. The van der Waals surface area contributed by atoms with Crippen LogP contribution >= 0.6 is 0 Å². The van der Waals surface area contributed by atoms with E-state index in [9.17, 15) is 18.0 Å². The summed E-state index contributed by atoms with van der Waals surface area (Å²) < 4.78 is 40.4. The minimum absolute atomic E-state index is 0.127. The molecule has 1 amide bonds. The number of aromatic nitrogens is 5. The van der Waals surface area contributed by atoms with E-state index in [-0.39, 0.29) is 12.5 Å². The van der Waals surface area contributed by atoms with E-state index < -0.39 is 11.9 Å². The lowest BCUT2D eigenvalue weighted by atomic mass is 10.1. The average Bonchev–Trinajstić information content (AvgIpc) is 3.18. The molecule has 8 nitrogen and oxygen atoms in total. The lowest BCUT2D eigenvalue weighted by molar-refractivity contribution is -0.141. The number of aryl methyl sites for hydroxylation is 1. The summed E-state index contributed by atoms with van der Waals surface area (Å²) in [5, 5.41) is 6.97. The number of nitrogens with zero attached hydrogens (tertiary/aromatic N) is 6. The number of pyridine rings is 3. The molecule has 4 rings (SSSR count). The number of hydrogen-bond donors (Lipinski definition) is 1. The monoisotopic (exact) mass is 481 g/mol. The Morgan fingerprint density at radius 1 is 1.00 bits per heavy atom. The molecule has 180 valence electrons. The van der Waals surface area contributed by atoms with Crippen molar-refractivity contribution >= 4 is 17.5 Å². The van der Waals surface area contributed by atoms with Crippen LogP contribution in [0.5, 0.6) is 0 Å². The van der Waals surface area contributed by atoms with Crippen molar-refractivity contribution in [2.45, 2.75) is 19.6 Å². The van der Waals surface area contributed by atoms with Gasteiger partial charge >= 0.3 is 6.18 Å². The van der Waals surface area contributed by atoms with Gasteiger partial charge < -0.3 is 10.2 Å². The minimum atomic E-state index is -4.55. The van der Waals surface area contributed by atoms with Gasteiger partial charge in [-0.1, -0.05) is 0 Å². The highest BCUT2D eigenvalue weighted by molar-refractivity contribution is 5.89. The van der Waals surface area contributed by atoms with Crippen LogP contribution in [0.2, 0.25) is 0 Å². The fourth-order valence-corrected chi connectivity index (χ4v) is 3.45. The largest absolute Gasteiger partial charge is 0.433 e. The zero-order valence-corrected chi connectivity index (χ0v) is 19.2. The molecular formula is C24H22F3N7O. The second-order valence-corrected chi connectivity index (χ2v) is 8.03. The molecule has 0 aliphatic carbocycles. The summed E-state index contributed by atoms with van der Waals surface area (Å²) in [7, 11) is 3.81. The highest BCUT2D eigenvalue weighted by Crippen LogP contribution is 2.31. The SMILES string of the molecule is Cc1nn(CC(=O)Nc2ccc(-c3ccnc(N(C)C)c3)cn2)cc1-c1ccnc(C(F)(F)F)c1. The molecule has 35 heavy (non-hydrogen) atoms. The van der Waals surface area contributed by atoms with Crippen LogP contribution in [0.25, 0.3) is 22.3 Å². The second-order valence-electron chi connectivity index (χ2n) is 8.03. The molecule has 4 aromatic heterocycles. The van der Waals surface area contributed by atoms with Crippen LogP contribution in [0.4, 0.5) is 24.8 Å². The van der Waals surface area contributed by atoms with Crippen LogP contribution in [0, 0.1) is 6.92 Å². The first kappa shape index (κ1) is 23.9. The quantitative estimate of drug-likeness (QED) is 0.438. The van der Waals surface area contributed by atoms with Gasteiger partial charge in [-0.15, -0.1) is 0 Å². The molecule has 0 radical (unpaired) electrons. The van der Waals surface area contributed by atoms with Gasteiger partial charge in [-0.05, 0) is 54.4 Å². The first-order valence-corrected chi connectivity index (χ1v) is 10.6. The van der Waals surface area contributed by atoms with E-state index in [0.717, 1.165) is 29.2 Å². The van der Waals surface area contributed by atoms with E-state index in [2.05, 4.69) is 25.4 Å². The number of nitrogens with one attached hydrogen (secondary N) is 1. The van der Waals surface area contributed by atoms with Crippen LogP contribution < -0.4 is 10.2 Å². The maximum absolute atomic E-state index is 13.0. The summed E-state index contributed by atoms with van der Waals surface area (Å²) in [5.41, 5.74) is 2.13. The lowest BCUT2D eigenvalue weighted by Crippen LogP contribution is -2.19. The first-order chi connectivity index (χ1) is 16.6. The Bertz CT molecular complexity index is 1350. The fraction of sp³-hybridized carbons (Fsp3) is 0.208. The molecule has 4 aromatic rings. The zero-order valence-electron chi connectivity index (χ0n) is 19.2. The van der Waals surface area contributed by atoms with Crippen LogP contribution in [0.1, 0.15) is 11.4 Å². The molecule has 0 saturated heterocycles. The molecule has 1 N–H and O–H groups in total. The Kier molecular flexibility index (Phi) is 6.50. The number of carbonyl (C=O) groups is 1. The Balaban J connectivity index is 1.44. The van der Waals surface area contributed by atoms with E-state index in [0.29, 0.717) is 22.6 Å². The van der Waals surface area contributed by atoms with Gasteiger partial charge in [-0.3, -0.25) is 14.5 Å². The highest BCUT2D eigenvalue weighted by atomic mass is 19.4. The van der Waals surface area contributed by atoms with Crippen molar-refractivity contribution in [3.05, 3.63) is 72.6 Å². The molecule has 0 aromatic carbocycles. The van der Waals surface area contributed by atoms with Crippen molar-refractivity contribution in [2.75, 3.05) is 24.3 Å². The molecule has 0 unspecified atom stereocenters. The molecule has 0 bridgehead atoms. The number of amides is 1. The van der Waals surface area contributed by atoms with Gasteiger partial charge in [0.05, 0.1) is 5.69 Å². The third-order valence-electron chi connectivity index (χ3n) is 5.18. The molecule has 0 fully saturated rings. The molecule has 0 aliphatic heterocycles. The first-order valence-electron chi connectivity index (χ1n) is 10.6. The van der Waals surface area contributed by atoms with Crippen molar-refractivity contribution < 1.29 is 18.0 Å². The van der Waals surface area contributed by atoms with Gasteiger partial charge in [-0.2, -0.15) is 18.3 Å². The summed E-state index contributed by atoms with van der Waals surface area (Å²) in [4.78, 5) is 26.4. The van der Waals surface area contributed by atoms with Crippen molar-refractivity contribution in [3.8, 4) is 22.3 Å². The number of halogens is 3. The number of alkyl halides is 3. The van der Waals surface area contributed by atoms with E-state index in [1.807, 2.05) is 37.2 Å². The van der Waals surface area contributed by atoms with E-state index >= 15 is 0 Å². The van der Waals surface area contributed by atoms with E-state index in [1.165, 1.54) is 16.9 Å². The smallest absolute Gasteiger partial charge is 0.363 e. The number of hydrogen-bond acceptors (Lipinski definition) is 6. The summed E-state index contributed by atoms with van der Waals surface area (Å²) in [6.07, 6.45) is 1.46. The number of rotatable bonds is 6. The van der Waals surface area contributed by atoms with E-state index in [4.69, 9.17) is 0 Å². The van der Waals surface area contributed by atoms with Crippen molar-refractivity contribution in [1.29, 1.82) is 0 Å². The summed E-state index contributed by atoms with van der Waals surface area (Å²) in [6, 6.07) is 9.78. The predicted octanol–water partition coefficient (Wildman–Crippen LogP) is 4.43. The molecule has 11 heteroatoms. The Labute approximate surface area is 199 Å². The van der Waals surface area contributed by atoms with Gasteiger partial charge in [0, 0.05) is 50.0 Å². The summed E-state index contributed by atoms with van der Waals surface area (Å²) in [5.74, 6) is 0.813. The number of carbonyl (C=O) groups excluding carboxylic acids is 1. The maximum atomic E-state index is 13.0. The van der Waals surface area contributed by atoms with E-state index in [1.54, 1.807) is 25.4 Å². The van der Waals surface area contributed by atoms with Crippen molar-refractivity contribution in [3.63, 3.8) is 0 Å². The standard InChI is InChI=1S/C24H22F3N7O/c1-15-19(17-7-8-28-20(10-17)24(25,26)27)13-34(32-15)14-23(35)31-21-5-4-18(12-30-21)16-6-9-29-22(11-16)33(2)3/h4-13H,14H2,1-3H3,(H,30,31,35). The predicted molar refractivity (Wildman–Crippen MR) is 126 cm³/mol. The Morgan fingerprint density at radius 2 is 1.74 bits per heavy atom. The molecule has 0 aliphatic rings. The number of anilines is 2. The van der Waals surface area contributed by atoms with Gasteiger partial charge in [0.2, 0.25) is 5.91 Å². The van der Waals surface area contributed by atoms with Gasteiger partial charge in [0.25, 0.3) is 0 Å². The molecule has 4 heterocycles. The highest BCUT2D eigenvalue weighted by Gasteiger charge is 2.32. The molecule has 0 spiro atoms. The van der Waals surface area contributed by atoms with Crippen LogP contribution in [-0.2, 0) is 17.5 Å². The maximum Gasteiger partial charge on any atom is 0.433 e. The normalized spacial score (nSPS) is 11.4. The molecular weight excluding hydrogens is 459 g/mol. The lowest BCUT2D eigenvalue weighted by Gasteiger charge is -2.12. The molecule has 0 atom stereocenters. The van der Waals surface area contributed by atoms with Gasteiger partial charge in [0.1, 0.15) is 23.9 Å². The van der Waals surface area contributed by atoms with Crippen molar-refractivity contribution in [1.82, 2.24) is 24.7 Å². The average molecular weight is 481 g/mol. The topological polar surface area (TPSA) is 88.8 Å². The fourth-order valence-electron chi connectivity index (χ4n) is 3.45. The molecule has 0 saturated carbocycles. The van der Waals surface area contributed by atoms with Crippen molar-refractivity contribution in [2.24, 2.45) is 0 Å². The second kappa shape index (κ2) is 9.53. The third-order valence-corrected chi connectivity index (χ3v) is 5.18. The summed E-state index contributed by atoms with van der Waals surface area (Å²) >= 11 is 0.